The van der Waals surface area contributed by atoms with Gasteiger partial charge in [0.25, 0.3) is 0 Å². The molecule has 4 rings (SSSR count). The third kappa shape index (κ3) is 3.91. The molecule has 0 spiro atoms. The van der Waals surface area contributed by atoms with Crippen LogP contribution in [0.2, 0.25) is 0 Å². The first-order valence-electron chi connectivity index (χ1n) is 10.3. The van der Waals surface area contributed by atoms with Crippen molar-refractivity contribution in [2.45, 2.75) is 12.6 Å². The van der Waals surface area contributed by atoms with E-state index in [1.54, 1.807) is 40.6 Å². The zero-order valence-corrected chi connectivity index (χ0v) is 18.6. The van der Waals surface area contributed by atoms with E-state index in [0.717, 1.165) is 23.6 Å². The van der Waals surface area contributed by atoms with Crippen molar-refractivity contribution in [3.63, 3.8) is 0 Å². The van der Waals surface area contributed by atoms with Gasteiger partial charge in [-0.15, -0.1) is 0 Å². The maximum atomic E-state index is 13.4. The second-order valence-corrected chi connectivity index (χ2v) is 7.34. The van der Waals surface area contributed by atoms with Gasteiger partial charge in [-0.05, 0) is 29.8 Å². The SMILES string of the molecule is COc1ccc([C@@H]2c3cccn3CCN2C(=O)Nc2cc(OC)c(OC)c(OC)c2)cc1. The van der Waals surface area contributed by atoms with Crippen LogP contribution in [0.1, 0.15) is 17.3 Å². The van der Waals surface area contributed by atoms with Gasteiger partial charge in [-0.3, -0.25) is 0 Å². The van der Waals surface area contributed by atoms with Gasteiger partial charge in [0.1, 0.15) is 5.75 Å². The van der Waals surface area contributed by atoms with Crippen LogP contribution < -0.4 is 24.3 Å². The number of ether oxygens (including phenoxy) is 4. The highest BCUT2D eigenvalue weighted by Gasteiger charge is 2.32. The zero-order valence-electron chi connectivity index (χ0n) is 18.6. The molecule has 1 aromatic heterocycles. The number of aromatic nitrogens is 1. The van der Waals surface area contributed by atoms with E-state index in [2.05, 4.69) is 9.88 Å². The van der Waals surface area contributed by atoms with Gasteiger partial charge in [0.15, 0.2) is 11.5 Å². The van der Waals surface area contributed by atoms with Gasteiger partial charge in [-0.1, -0.05) is 12.1 Å². The van der Waals surface area contributed by atoms with E-state index in [1.807, 2.05) is 47.5 Å². The molecule has 0 radical (unpaired) electrons. The predicted octanol–water partition coefficient (Wildman–Crippen LogP) is 4.16. The molecule has 32 heavy (non-hydrogen) atoms. The Bertz CT molecular complexity index is 1070. The summed E-state index contributed by atoms with van der Waals surface area (Å²) in [5.74, 6) is 2.19. The van der Waals surface area contributed by atoms with Gasteiger partial charge >= 0.3 is 6.03 Å². The number of rotatable bonds is 6. The number of methoxy groups -OCH3 is 4. The van der Waals surface area contributed by atoms with Gasteiger partial charge < -0.3 is 33.7 Å². The number of hydrogen-bond donors (Lipinski definition) is 1. The topological polar surface area (TPSA) is 74.2 Å². The molecule has 1 N–H and O–H groups in total. The summed E-state index contributed by atoms with van der Waals surface area (Å²) in [4.78, 5) is 15.3. The summed E-state index contributed by atoms with van der Waals surface area (Å²) in [6.07, 6.45) is 2.04. The van der Waals surface area contributed by atoms with Crippen LogP contribution in [0.25, 0.3) is 0 Å². The summed E-state index contributed by atoms with van der Waals surface area (Å²) < 4.78 is 23.7. The molecule has 2 amide bonds. The Morgan fingerprint density at radius 3 is 2.19 bits per heavy atom. The molecule has 1 aliphatic heterocycles. The molecule has 0 fully saturated rings. The van der Waals surface area contributed by atoms with Crippen molar-refractivity contribution in [2.75, 3.05) is 40.3 Å². The molecule has 0 bridgehead atoms. The second kappa shape index (κ2) is 9.13. The lowest BCUT2D eigenvalue weighted by molar-refractivity contribution is 0.182. The van der Waals surface area contributed by atoms with Crippen LogP contribution in [0.5, 0.6) is 23.0 Å². The molecule has 168 valence electrons. The normalized spacial score (nSPS) is 15.0. The van der Waals surface area contributed by atoms with Crippen molar-refractivity contribution in [2.24, 2.45) is 0 Å². The molecule has 1 atom stereocenters. The molecule has 0 saturated heterocycles. The Hall–Kier alpha value is -3.81. The van der Waals surface area contributed by atoms with Crippen molar-refractivity contribution in [1.82, 2.24) is 9.47 Å². The maximum Gasteiger partial charge on any atom is 0.322 e. The lowest BCUT2D eigenvalue weighted by Gasteiger charge is -2.37. The first kappa shape index (κ1) is 21.4. The summed E-state index contributed by atoms with van der Waals surface area (Å²) in [7, 11) is 6.27. The largest absolute Gasteiger partial charge is 0.497 e. The highest BCUT2D eigenvalue weighted by Crippen LogP contribution is 2.40. The quantitative estimate of drug-likeness (QED) is 0.627. The Morgan fingerprint density at radius 1 is 0.906 bits per heavy atom. The minimum absolute atomic E-state index is 0.215. The molecule has 0 unspecified atom stereocenters. The van der Waals surface area contributed by atoms with Crippen LogP contribution in [-0.2, 0) is 6.54 Å². The van der Waals surface area contributed by atoms with E-state index in [0.29, 0.717) is 29.5 Å². The van der Waals surface area contributed by atoms with Gasteiger partial charge in [-0.2, -0.15) is 0 Å². The molecule has 2 aromatic carbocycles. The van der Waals surface area contributed by atoms with Gasteiger partial charge in [0, 0.05) is 37.1 Å². The minimum Gasteiger partial charge on any atom is -0.497 e. The highest BCUT2D eigenvalue weighted by atomic mass is 16.5. The lowest BCUT2D eigenvalue weighted by atomic mass is 10.00. The summed E-state index contributed by atoms with van der Waals surface area (Å²) in [5.41, 5.74) is 2.62. The molecule has 0 aliphatic carbocycles. The summed E-state index contributed by atoms with van der Waals surface area (Å²) in [6.45, 7) is 1.28. The van der Waals surface area contributed by atoms with Crippen molar-refractivity contribution in [3.05, 3.63) is 66.0 Å². The highest BCUT2D eigenvalue weighted by molar-refractivity contribution is 5.91. The standard InChI is InChI=1S/C24H27N3O5/c1-29-18-9-7-16(8-10-18)22-19-6-5-11-26(19)12-13-27(22)24(28)25-17-14-20(30-2)23(32-4)21(15-17)31-3/h5-11,14-15,22H,12-13H2,1-4H3,(H,25,28)/t22-/m1/s1. The third-order valence-corrected chi connectivity index (χ3v) is 5.65. The fraction of sp³-hybridized carbons (Fsp3) is 0.292. The van der Waals surface area contributed by atoms with Crippen LogP contribution in [0.4, 0.5) is 10.5 Å². The van der Waals surface area contributed by atoms with Gasteiger partial charge in [0.2, 0.25) is 5.75 Å². The molecule has 2 heterocycles. The van der Waals surface area contributed by atoms with Gasteiger partial charge in [0.05, 0.1) is 40.2 Å². The van der Waals surface area contributed by atoms with Gasteiger partial charge in [-0.25, -0.2) is 4.79 Å². The molecule has 8 nitrogen and oxygen atoms in total. The zero-order chi connectivity index (χ0) is 22.7. The number of carbonyl (C=O) groups excluding carboxylic acids is 1. The summed E-state index contributed by atoms with van der Waals surface area (Å²) >= 11 is 0. The number of benzene rings is 2. The maximum absolute atomic E-state index is 13.4. The minimum atomic E-state index is -0.230. The first-order valence-corrected chi connectivity index (χ1v) is 10.3. The molecular formula is C24H27N3O5. The smallest absolute Gasteiger partial charge is 0.322 e. The number of nitrogens with zero attached hydrogens (tertiary/aromatic N) is 2. The van der Waals surface area contributed by atoms with Crippen molar-refractivity contribution in [3.8, 4) is 23.0 Å². The molecular weight excluding hydrogens is 410 g/mol. The average Bonchev–Trinajstić information content (AvgIpc) is 3.31. The number of amides is 2. The van der Waals surface area contributed by atoms with Crippen molar-refractivity contribution >= 4 is 11.7 Å². The van der Waals surface area contributed by atoms with Crippen LogP contribution in [0.3, 0.4) is 0 Å². The van der Waals surface area contributed by atoms with Crippen LogP contribution in [0, 0.1) is 0 Å². The van der Waals surface area contributed by atoms with E-state index < -0.39 is 0 Å². The number of anilines is 1. The Morgan fingerprint density at radius 2 is 1.59 bits per heavy atom. The van der Waals surface area contributed by atoms with Crippen molar-refractivity contribution < 1.29 is 23.7 Å². The van der Waals surface area contributed by atoms with E-state index in [1.165, 1.54) is 0 Å². The number of urea groups is 1. The molecule has 3 aromatic rings. The number of fused-ring (bicyclic) bond motifs is 1. The number of hydrogen-bond acceptors (Lipinski definition) is 5. The monoisotopic (exact) mass is 437 g/mol. The van der Waals surface area contributed by atoms with E-state index in [4.69, 9.17) is 18.9 Å². The summed E-state index contributed by atoms with van der Waals surface area (Å²) in [5, 5.41) is 3.00. The molecule has 0 saturated carbocycles. The van der Waals surface area contributed by atoms with E-state index >= 15 is 0 Å². The van der Waals surface area contributed by atoms with Crippen LogP contribution >= 0.6 is 0 Å². The number of carbonyl (C=O) groups is 1. The van der Waals surface area contributed by atoms with E-state index in [-0.39, 0.29) is 12.1 Å². The third-order valence-electron chi connectivity index (χ3n) is 5.65. The second-order valence-electron chi connectivity index (χ2n) is 7.34. The van der Waals surface area contributed by atoms with Crippen LogP contribution in [-0.4, -0.2) is 50.5 Å². The average molecular weight is 437 g/mol. The van der Waals surface area contributed by atoms with Crippen LogP contribution in [0.15, 0.2) is 54.7 Å². The predicted molar refractivity (Wildman–Crippen MR) is 121 cm³/mol. The molecule has 1 aliphatic rings. The summed E-state index contributed by atoms with van der Waals surface area (Å²) in [6, 6.07) is 14.8. The Kier molecular flexibility index (Phi) is 6.11. The first-order chi connectivity index (χ1) is 15.6. The van der Waals surface area contributed by atoms with Crippen molar-refractivity contribution in [1.29, 1.82) is 0 Å². The fourth-order valence-electron chi connectivity index (χ4n) is 4.09. The molecule has 8 heteroatoms. The van der Waals surface area contributed by atoms with E-state index in [9.17, 15) is 4.79 Å². The Balaban J connectivity index is 1.66. The fourth-order valence-corrected chi connectivity index (χ4v) is 4.09. The lowest BCUT2D eigenvalue weighted by Crippen LogP contribution is -2.44. The Labute approximate surface area is 187 Å². The number of nitrogens with one attached hydrogen (secondary N) is 1.